The van der Waals surface area contributed by atoms with Crippen LogP contribution in [0.3, 0.4) is 0 Å². The molecule has 0 radical (unpaired) electrons. The van der Waals surface area contributed by atoms with Crippen molar-refractivity contribution in [2.75, 3.05) is 11.9 Å². The average molecular weight is 245 g/mol. The van der Waals surface area contributed by atoms with Crippen LogP contribution in [0.25, 0.3) is 0 Å². The van der Waals surface area contributed by atoms with Gasteiger partial charge in [0.2, 0.25) is 5.91 Å². The zero-order chi connectivity index (χ0) is 11.0. The third kappa shape index (κ3) is 1.83. The number of anilines is 1. The van der Waals surface area contributed by atoms with Crippen LogP contribution in [0, 0.1) is 0 Å². The predicted molar refractivity (Wildman–Crippen MR) is 61.5 cm³/mol. The minimum absolute atomic E-state index is 0.0870. The number of hydrogen-bond donors (Lipinski definition) is 2. The van der Waals surface area contributed by atoms with Crippen LogP contribution in [0.15, 0.2) is 12.1 Å². The highest BCUT2D eigenvalue weighted by Gasteiger charge is 2.32. The van der Waals surface area contributed by atoms with Gasteiger partial charge in [0.05, 0.1) is 0 Å². The first-order chi connectivity index (χ1) is 7.13. The lowest BCUT2D eigenvalue weighted by Crippen LogP contribution is -2.27. The summed E-state index contributed by atoms with van der Waals surface area (Å²) in [7, 11) is 0. The number of benzene rings is 1. The van der Waals surface area contributed by atoms with Crippen molar-refractivity contribution >= 4 is 34.8 Å². The maximum atomic E-state index is 11.6. The van der Waals surface area contributed by atoms with E-state index in [4.69, 9.17) is 23.2 Å². The van der Waals surface area contributed by atoms with Gasteiger partial charge in [0.1, 0.15) is 6.04 Å². The molecule has 80 valence electrons. The number of fused-ring (bicyclic) bond motifs is 1. The van der Waals surface area contributed by atoms with Crippen molar-refractivity contribution in [3.05, 3.63) is 27.7 Å². The van der Waals surface area contributed by atoms with Gasteiger partial charge < -0.3 is 10.6 Å². The lowest BCUT2D eigenvalue weighted by molar-refractivity contribution is -0.117. The molecule has 0 aliphatic carbocycles. The standard InChI is InChI=1S/C10H10Cl2N2O/c1-2-13-9-8-6(12)3-5(11)4-7(8)14-10(9)15/h3-4,9,13H,2H2,1H3,(H,14,15). The molecule has 1 aromatic carbocycles. The Morgan fingerprint density at radius 3 is 2.87 bits per heavy atom. The summed E-state index contributed by atoms with van der Waals surface area (Å²) >= 11 is 11.9. The molecule has 1 aliphatic rings. The van der Waals surface area contributed by atoms with Crippen LogP contribution in [0.2, 0.25) is 10.0 Å². The Kier molecular flexibility index (Phi) is 2.87. The summed E-state index contributed by atoms with van der Waals surface area (Å²) in [6.45, 7) is 2.64. The molecule has 1 aromatic rings. The first-order valence-corrected chi connectivity index (χ1v) is 5.42. The lowest BCUT2D eigenvalue weighted by Gasteiger charge is -2.10. The fraction of sp³-hybridized carbons (Fsp3) is 0.300. The number of carbonyl (C=O) groups is 1. The monoisotopic (exact) mass is 244 g/mol. The Labute approximate surface area is 97.8 Å². The molecule has 1 heterocycles. The van der Waals surface area contributed by atoms with Crippen LogP contribution >= 0.6 is 23.2 Å². The predicted octanol–water partition coefficient (Wildman–Crippen LogP) is 2.60. The number of amides is 1. The van der Waals surface area contributed by atoms with Gasteiger partial charge in [-0.05, 0) is 18.7 Å². The molecule has 0 fully saturated rings. The first kappa shape index (κ1) is 10.7. The van der Waals surface area contributed by atoms with E-state index in [-0.39, 0.29) is 11.9 Å². The molecule has 1 unspecified atom stereocenters. The second kappa shape index (κ2) is 4.00. The SMILES string of the molecule is CCNC1C(=O)Nc2cc(Cl)cc(Cl)c21. The van der Waals surface area contributed by atoms with Crippen LogP contribution in [0.5, 0.6) is 0 Å². The fourth-order valence-electron chi connectivity index (χ4n) is 1.72. The van der Waals surface area contributed by atoms with E-state index >= 15 is 0 Å². The quantitative estimate of drug-likeness (QED) is 0.840. The first-order valence-electron chi connectivity index (χ1n) is 4.66. The maximum Gasteiger partial charge on any atom is 0.246 e. The van der Waals surface area contributed by atoms with Crippen molar-refractivity contribution in [2.45, 2.75) is 13.0 Å². The normalized spacial score (nSPS) is 18.9. The molecule has 0 spiro atoms. The summed E-state index contributed by atoms with van der Waals surface area (Å²) in [6.07, 6.45) is 0. The van der Waals surface area contributed by atoms with Crippen molar-refractivity contribution < 1.29 is 4.79 Å². The third-order valence-corrected chi connectivity index (χ3v) is 2.84. The molecule has 1 amide bonds. The molecule has 1 atom stereocenters. The molecule has 15 heavy (non-hydrogen) atoms. The number of hydrogen-bond acceptors (Lipinski definition) is 2. The highest BCUT2D eigenvalue weighted by Crippen LogP contribution is 2.38. The highest BCUT2D eigenvalue weighted by atomic mass is 35.5. The smallest absolute Gasteiger partial charge is 0.246 e. The summed E-state index contributed by atoms with van der Waals surface area (Å²) in [6, 6.07) is 2.99. The van der Waals surface area contributed by atoms with E-state index in [0.717, 1.165) is 5.56 Å². The van der Waals surface area contributed by atoms with E-state index in [1.54, 1.807) is 12.1 Å². The Balaban J connectivity index is 2.48. The van der Waals surface area contributed by atoms with Crippen molar-refractivity contribution in [2.24, 2.45) is 0 Å². The summed E-state index contributed by atoms with van der Waals surface area (Å²) in [5.74, 6) is -0.0870. The Hall–Kier alpha value is -0.770. The Morgan fingerprint density at radius 1 is 1.47 bits per heavy atom. The maximum absolute atomic E-state index is 11.6. The van der Waals surface area contributed by atoms with E-state index in [1.807, 2.05) is 6.92 Å². The number of rotatable bonds is 2. The van der Waals surface area contributed by atoms with Gasteiger partial charge in [-0.25, -0.2) is 0 Å². The van der Waals surface area contributed by atoms with Crippen molar-refractivity contribution in [1.82, 2.24) is 5.32 Å². The molecular weight excluding hydrogens is 235 g/mol. The average Bonchev–Trinajstić information content (AvgIpc) is 2.43. The highest BCUT2D eigenvalue weighted by molar-refractivity contribution is 6.36. The minimum atomic E-state index is -0.366. The van der Waals surface area contributed by atoms with E-state index in [1.165, 1.54) is 0 Å². The van der Waals surface area contributed by atoms with Gasteiger partial charge in [-0.2, -0.15) is 0 Å². The zero-order valence-electron chi connectivity index (χ0n) is 8.10. The molecule has 0 bridgehead atoms. The number of nitrogens with one attached hydrogen (secondary N) is 2. The van der Waals surface area contributed by atoms with Gasteiger partial charge in [0.25, 0.3) is 0 Å². The van der Waals surface area contributed by atoms with Gasteiger partial charge in [-0.1, -0.05) is 30.1 Å². The van der Waals surface area contributed by atoms with Crippen LogP contribution < -0.4 is 10.6 Å². The Bertz CT molecular complexity index is 420. The second-order valence-electron chi connectivity index (χ2n) is 3.33. The van der Waals surface area contributed by atoms with Gasteiger partial charge >= 0.3 is 0 Å². The molecule has 0 saturated carbocycles. The summed E-state index contributed by atoms with van der Waals surface area (Å²) in [4.78, 5) is 11.6. The van der Waals surface area contributed by atoms with E-state index < -0.39 is 0 Å². The Morgan fingerprint density at radius 2 is 2.20 bits per heavy atom. The fourth-order valence-corrected chi connectivity index (χ4v) is 2.32. The number of likely N-dealkylation sites (N-methyl/N-ethyl adjacent to an activating group) is 1. The number of carbonyl (C=O) groups excluding carboxylic acids is 1. The summed E-state index contributed by atoms with van der Waals surface area (Å²) in [5.41, 5.74) is 1.48. The van der Waals surface area contributed by atoms with Gasteiger partial charge in [0.15, 0.2) is 0 Å². The van der Waals surface area contributed by atoms with Crippen molar-refractivity contribution in [3.8, 4) is 0 Å². The van der Waals surface area contributed by atoms with E-state index in [9.17, 15) is 4.79 Å². The minimum Gasteiger partial charge on any atom is -0.324 e. The van der Waals surface area contributed by atoms with Crippen LogP contribution in [0.4, 0.5) is 5.69 Å². The van der Waals surface area contributed by atoms with Crippen LogP contribution in [-0.2, 0) is 4.79 Å². The molecular formula is C10H10Cl2N2O. The topological polar surface area (TPSA) is 41.1 Å². The van der Waals surface area contributed by atoms with Gasteiger partial charge in [-0.3, -0.25) is 4.79 Å². The molecule has 2 rings (SSSR count). The molecule has 1 aliphatic heterocycles. The second-order valence-corrected chi connectivity index (χ2v) is 4.17. The van der Waals surface area contributed by atoms with Crippen molar-refractivity contribution in [3.63, 3.8) is 0 Å². The van der Waals surface area contributed by atoms with Gasteiger partial charge in [0, 0.05) is 21.3 Å². The molecule has 0 aromatic heterocycles. The summed E-state index contributed by atoms with van der Waals surface area (Å²) in [5, 5.41) is 6.85. The molecule has 2 N–H and O–H groups in total. The van der Waals surface area contributed by atoms with E-state index in [2.05, 4.69) is 10.6 Å². The van der Waals surface area contributed by atoms with Gasteiger partial charge in [-0.15, -0.1) is 0 Å². The van der Waals surface area contributed by atoms with Crippen LogP contribution in [0.1, 0.15) is 18.5 Å². The largest absolute Gasteiger partial charge is 0.324 e. The third-order valence-electron chi connectivity index (χ3n) is 2.31. The summed E-state index contributed by atoms with van der Waals surface area (Å²) < 4.78 is 0. The van der Waals surface area contributed by atoms with Crippen molar-refractivity contribution in [1.29, 1.82) is 0 Å². The molecule has 5 heteroatoms. The molecule has 3 nitrogen and oxygen atoms in total. The molecule has 0 saturated heterocycles. The van der Waals surface area contributed by atoms with Crippen LogP contribution in [-0.4, -0.2) is 12.5 Å². The van der Waals surface area contributed by atoms with E-state index in [0.29, 0.717) is 22.3 Å². The lowest BCUT2D eigenvalue weighted by atomic mass is 10.1. The number of halogens is 2. The zero-order valence-corrected chi connectivity index (χ0v) is 9.62.